The molecular formula is C24H22N2O2. The Bertz CT molecular complexity index is 1060. The Kier molecular flexibility index (Phi) is 5.22. The first kappa shape index (κ1) is 18.0. The van der Waals surface area contributed by atoms with Crippen LogP contribution in [0.5, 0.6) is 5.75 Å². The third kappa shape index (κ3) is 3.68. The van der Waals surface area contributed by atoms with Gasteiger partial charge in [0.25, 0.3) is 0 Å². The summed E-state index contributed by atoms with van der Waals surface area (Å²) < 4.78 is 7.55. The van der Waals surface area contributed by atoms with Crippen molar-refractivity contribution in [1.82, 2.24) is 9.78 Å². The summed E-state index contributed by atoms with van der Waals surface area (Å²) in [4.78, 5) is 0. The van der Waals surface area contributed by atoms with Crippen LogP contribution in [-0.4, -0.2) is 22.0 Å². The summed E-state index contributed by atoms with van der Waals surface area (Å²) in [5.74, 6) is 0.752. The van der Waals surface area contributed by atoms with Crippen LogP contribution in [0.3, 0.4) is 0 Å². The predicted molar refractivity (Wildman–Crippen MR) is 111 cm³/mol. The van der Waals surface area contributed by atoms with E-state index in [4.69, 9.17) is 9.84 Å². The molecule has 0 aliphatic rings. The van der Waals surface area contributed by atoms with E-state index in [0.29, 0.717) is 6.54 Å². The lowest BCUT2D eigenvalue weighted by atomic mass is 10.1. The molecule has 4 heteroatoms. The Morgan fingerprint density at radius 2 is 1.54 bits per heavy atom. The van der Waals surface area contributed by atoms with Crippen molar-refractivity contribution < 1.29 is 9.84 Å². The zero-order valence-electron chi connectivity index (χ0n) is 15.7. The van der Waals surface area contributed by atoms with Gasteiger partial charge in [0.05, 0.1) is 31.6 Å². The molecule has 0 atom stereocenters. The second-order valence-electron chi connectivity index (χ2n) is 6.61. The van der Waals surface area contributed by atoms with E-state index in [1.54, 1.807) is 7.11 Å². The Labute approximate surface area is 164 Å². The molecule has 4 rings (SSSR count). The van der Waals surface area contributed by atoms with Gasteiger partial charge in [-0.3, -0.25) is 4.68 Å². The van der Waals surface area contributed by atoms with E-state index in [9.17, 15) is 5.11 Å². The van der Waals surface area contributed by atoms with Crippen LogP contribution in [0.15, 0.2) is 84.9 Å². The number of hydrogen-bond acceptors (Lipinski definition) is 3. The van der Waals surface area contributed by atoms with E-state index < -0.39 is 0 Å². The Hall–Kier alpha value is -3.37. The Balaban J connectivity index is 1.78. The molecule has 0 fully saturated rings. The molecule has 28 heavy (non-hydrogen) atoms. The van der Waals surface area contributed by atoms with Gasteiger partial charge in [0, 0.05) is 11.1 Å². The highest BCUT2D eigenvalue weighted by molar-refractivity contribution is 5.68. The van der Waals surface area contributed by atoms with Gasteiger partial charge in [-0.05, 0) is 23.3 Å². The zero-order chi connectivity index (χ0) is 19.3. The van der Waals surface area contributed by atoms with E-state index in [1.807, 2.05) is 59.3 Å². The fourth-order valence-electron chi connectivity index (χ4n) is 3.31. The minimum absolute atomic E-state index is 0.00810. The molecule has 1 heterocycles. The first-order chi connectivity index (χ1) is 13.8. The van der Waals surface area contributed by atoms with Gasteiger partial charge in [-0.15, -0.1) is 0 Å². The highest BCUT2D eigenvalue weighted by Gasteiger charge is 2.14. The SMILES string of the molecule is COc1cc(CO)ccc1Cn1nc(-c2ccccc2)cc1-c1ccccc1. The fraction of sp³-hybridized carbons (Fsp3) is 0.125. The van der Waals surface area contributed by atoms with Crippen molar-refractivity contribution in [3.8, 4) is 28.3 Å². The Morgan fingerprint density at radius 3 is 2.18 bits per heavy atom. The van der Waals surface area contributed by atoms with Gasteiger partial charge < -0.3 is 9.84 Å². The van der Waals surface area contributed by atoms with Crippen LogP contribution in [0.1, 0.15) is 11.1 Å². The number of methoxy groups -OCH3 is 1. The van der Waals surface area contributed by atoms with Gasteiger partial charge in [-0.2, -0.15) is 5.10 Å². The maximum absolute atomic E-state index is 9.39. The van der Waals surface area contributed by atoms with Crippen LogP contribution in [-0.2, 0) is 13.2 Å². The summed E-state index contributed by atoms with van der Waals surface area (Å²) in [6, 6.07) is 28.4. The molecule has 0 saturated carbocycles. The van der Waals surface area contributed by atoms with Crippen LogP contribution in [0.2, 0.25) is 0 Å². The van der Waals surface area contributed by atoms with Gasteiger partial charge in [0.2, 0.25) is 0 Å². The van der Waals surface area contributed by atoms with Crippen molar-refractivity contribution in [3.63, 3.8) is 0 Å². The van der Waals surface area contributed by atoms with Gasteiger partial charge in [0.1, 0.15) is 5.75 Å². The second-order valence-corrected chi connectivity index (χ2v) is 6.61. The topological polar surface area (TPSA) is 47.3 Å². The first-order valence-electron chi connectivity index (χ1n) is 9.24. The molecule has 1 aromatic heterocycles. The lowest BCUT2D eigenvalue weighted by Gasteiger charge is -2.12. The molecule has 0 unspecified atom stereocenters. The molecule has 0 amide bonds. The smallest absolute Gasteiger partial charge is 0.124 e. The van der Waals surface area contributed by atoms with E-state index in [2.05, 4.69) is 30.3 Å². The van der Waals surface area contributed by atoms with Crippen molar-refractivity contribution in [3.05, 3.63) is 96.1 Å². The molecule has 0 saturated heterocycles. The monoisotopic (exact) mass is 370 g/mol. The molecule has 0 bridgehead atoms. The average molecular weight is 370 g/mol. The van der Waals surface area contributed by atoms with Crippen molar-refractivity contribution in [2.75, 3.05) is 7.11 Å². The maximum atomic E-state index is 9.39. The quantitative estimate of drug-likeness (QED) is 0.532. The molecule has 0 aliphatic carbocycles. The summed E-state index contributed by atoms with van der Waals surface area (Å²) in [7, 11) is 1.65. The summed E-state index contributed by atoms with van der Waals surface area (Å²) >= 11 is 0. The number of aliphatic hydroxyl groups is 1. The van der Waals surface area contributed by atoms with Crippen molar-refractivity contribution in [1.29, 1.82) is 0 Å². The molecular weight excluding hydrogens is 348 g/mol. The lowest BCUT2D eigenvalue weighted by Crippen LogP contribution is -2.06. The Morgan fingerprint density at radius 1 is 0.857 bits per heavy atom. The highest BCUT2D eigenvalue weighted by atomic mass is 16.5. The minimum atomic E-state index is -0.00810. The summed E-state index contributed by atoms with van der Waals surface area (Å²) in [6.07, 6.45) is 0. The van der Waals surface area contributed by atoms with E-state index in [0.717, 1.165) is 39.4 Å². The van der Waals surface area contributed by atoms with Gasteiger partial charge >= 0.3 is 0 Å². The number of hydrogen-bond donors (Lipinski definition) is 1. The van der Waals surface area contributed by atoms with E-state index in [1.165, 1.54) is 0 Å². The van der Waals surface area contributed by atoms with Gasteiger partial charge in [-0.1, -0.05) is 72.8 Å². The molecule has 4 nitrogen and oxygen atoms in total. The van der Waals surface area contributed by atoms with Crippen LogP contribution in [0.4, 0.5) is 0 Å². The second kappa shape index (κ2) is 8.11. The number of aliphatic hydroxyl groups excluding tert-OH is 1. The maximum Gasteiger partial charge on any atom is 0.124 e. The number of rotatable bonds is 6. The van der Waals surface area contributed by atoms with Crippen LogP contribution in [0, 0.1) is 0 Å². The standard InChI is InChI=1S/C24H22N2O2/c1-28-24-14-18(17-27)12-13-21(24)16-26-23(20-10-6-3-7-11-20)15-22(25-26)19-8-4-2-5-9-19/h2-15,27H,16-17H2,1H3. The molecule has 0 spiro atoms. The molecule has 1 N–H and O–H groups in total. The average Bonchev–Trinajstić information content (AvgIpc) is 3.19. The summed E-state index contributed by atoms with van der Waals surface area (Å²) in [6.45, 7) is 0.567. The largest absolute Gasteiger partial charge is 0.496 e. The lowest BCUT2D eigenvalue weighted by molar-refractivity contribution is 0.281. The number of aromatic nitrogens is 2. The van der Waals surface area contributed by atoms with Crippen LogP contribution >= 0.6 is 0 Å². The van der Waals surface area contributed by atoms with E-state index >= 15 is 0 Å². The normalized spacial score (nSPS) is 10.8. The fourth-order valence-corrected chi connectivity index (χ4v) is 3.31. The molecule has 0 aliphatic heterocycles. The van der Waals surface area contributed by atoms with Gasteiger partial charge in [-0.25, -0.2) is 0 Å². The summed E-state index contributed by atoms with van der Waals surface area (Å²) in [5, 5.41) is 14.3. The predicted octanol–water partition coefficient (Wildman–Crippen LogP) is 4.77. The number of ether oxygens (including phenoxy) is 1. The van der Waals surface area contributed by atoms with Crippen LogP contribution < -0.4 is 4.74 Å². The number of benzene rings is 3. The van der Waals surface area contributed by atoms with E-state index in [-0.39, 0.29) is 6.61 Å². The van der Waals surface area contributed by atoms with Crippen molar-refractivity contribution in [2.24, 2.45) is 0 Å². The first-order valence-corrected chi connectivity index (χ1v) is 9.24. The summed E-state index contributed by atoms with van der Waals surface area (Å²) in [5.41, 5.74) is 6.02. The van der Waals surface area contributed by atoms with Crippen molar-refractivity contribution >= 4 is 0 Å². The highest BCUT2D eigenvalue weighted by Crippen LogP contribution is 2.29. The van der Waals surface area contributed by atoms with Crippen molar-refractivity contribution in [2.45, 2.75) is 13.2 Å². The molecule has 140 valence electrons. The number of nitrogens with zero attached hydrogens (tertiary/aromatic N) is 2. The van der Waals surface area contributed by atoms with Gasteiger partial charge in [0.15, 0.2) is 0 Å². The third-order valence-electron chi connectivity index (χ3n) is 4.77. The molecule has 4 aromatic rings. The zero-order valence-corrected chi connectivity index (χ0v) is 15.7. The minimum Gasteiger partial charge on any atom is -0.496 e. The third-order valence-corrected chi connectivity index (χ3v) is 4.77. The van der Waals surface area contributed by atoms with Crippen LogP contribution in [0.25, 0.3) is 22.5 Å². The molecule has 0 radical (unpaired) electrons. The molecule has 3 aromatic carbocycles.